The van der Waals surface area contributed by atoms with Crippen molar-refractivity contribution in [2.45, 2.75) is 38.8 Å². The summed E-state index contributed by atoms with van der Waals surface area (Å²) in [6, 6.07) is 11.3. The van der Waals surface area contributed by atoms with Gasteiger partial charge in [0.2, 0.25) is 0 Å². The van der Waals surface area contributed by atoms with Gasteiger partial charge >= 0.3 is 0 Å². The van der Waals surface area contributed by atoms with Gasteiger partial charge in [-0.1, -0.05) is 43.2 Å². The van der Waals surface area contributed by atoms with Gasteiger partial charge < -0.3 is 5.32 Å². The molecular weight excluding hydrogens is 170 g/mol. The Kier molecular flexibility index (Phi) is 3.20. The lowest BCUT2D eigenvalue weighted by Crippen LogP contribution is -2.25. The lowest BCUT2D eigenvalue weighted by atomic mass is 10.1. The van der Waals surface area contributed by atoms with Crippen molar-refractivity contribution in [3.8, 4) is 0 Å². The van der Waals surface area contributed by atoms with Crippen molar-refractivity contribution in [2.75, 3.05) is 0 Å². The molecule has 1 N–H and O–H groups in total. The van der Waals surface area contributed by atoms with Gasteiger partial charge in [-0.25, -0.2) is 0 Å². The van der Waals surface area contributed by atoms with E-state index < -0.39 is 0 Å². The first kappa shape index (κ1) is 9.72. The van der Waals surface area contributed by atoms with Gasteiger partial charge in [0.15, 0.2) is 0 Å². The second kappa shape index (κ2) is 4.61. The zero-order valence-electron chi connectivity index (χ0n) is 8.87. The fraction of sp³-hybridized carbons (Fsp3) is 0.538. The van der Waals surface area contributed by atoms with Crippen molar-refractivity contribution >= 4 is 0 Å². The predicted octanol–water partition coefficient (Wildman–Crippen LogP) is 2.96. The maximum Gasteiger partial charge on any atom is 0.0207 e. The maximum atomic E-state index is 3.57. The summed E-state index contributed by atoms with van der Waals surface area (Å²) in [5.41, 5.74) is 1.38. The number of hydrogen-bond donors (Lipinski definition) is 1. The van der Waals surface area contributed by atoms with Gasteiger partial charge in [-0.05, 0) is 24.8 Å². The summed E-state index contributed by atoms with van der Waals surface area (Å²) in [6.07, 6.45) is 4.27. The molecule has 1 heteroatoms. The maximum absolute atomic E-state index is 3.57. The van der Waals surface area contributed by atoms with E-state index in [0.717, 1.165) is 12.5 Å². The van der Waals surface area contributed by atoms with Crippen LogP contribution in [0.2, 0.25) is 0 Å². The standard InChI is InChI=1S/C13H19N/c1-11(9-12-7-8-12)14-10-13-5-3-2-4-6-13/h2-6,11-12,14H,7-10H2,1H3/t11-/m0/s1. The van der Waals surface area contributed by atoms with Crippen molar-refractivity contribution in [3.63, 3.8) is 0 Å². The summed E-state index contributed by atoms with van der Waals surface area (Å²) in [4.78, 5) is 0. The molecule has 76 valence electrons. The van der Waals surface area contributed by atoms with Gasteiger partial charge in [-0.2, -0.15) is 0 Å². The third-order valence-electron chi connectivity index (χ3n) is 2.88. The average molecular weight is 189 g/mol. The van der Waals surface area contributed by atoms with E-state index in [9.17, 15) is 0 Å². The number of rotatable bonds is 5. The Bertz CT molecular complexity index is 264. The van der Waals surface area contributed by atoms with Gasteiger partial charge in [0.05, 0.1) is 0 Å². The van der Waals surface area contributed by atoms with Crippen LogP contribution < -0.4 is 5.32 Å². The van der Waals surface area contributed by atoms with Crippen LogP contribution in [0.15, 0.2) is 30.3 Å². The Hall–Kier alpha value is -0.820. The molecule has 1 fully saturated rings. The lowest BCUT2D eigenvalue weighted by molar-refractivity contribution is 0.487. The fourth-order valence-corrected chi connectivity index (χ4v) is 1.82. The Morgan fingerprint density at radius 2 is 2.00 bits per heavy atom. The summed E-state index contributed by atoms with van der Waals surface area (Å²) in [5, 5.41) is 3.57. The third kappa shape index (κ3) is 3.15. The first-order valence-electron chi connectivity index (χ1n) is 5.62. The highest BCUT2D eigenvalue weighted by Gasteiger charge is 2.23. The van der Waals surface area contributed by atoms with Crippen LogP contribution in [0, 0.1) is 5.92 Å². The molecule has 0 spiro atoms. The average Bonchev–Trinajstić information content (AvgIpc) is 3.00. The molecule has 0 unspecified atom stereocenters. The number of hydrogen-bond acceptors (Lipinski definition) is 1. The molecule has 1 nitrogen and oxygen atoms in total. The molecule has 0 radical (unpaired) electrons. The van der Waals surface area contributed by atoms with E-state index in [1.807, 2.05) is 0 Å². The minimum atomic E-state index is 0.669. The molecule has 0 heterocycles. The monoisotopic (exact) mass is 189 g/mol. The van der Waals surface area contributed by atoms with Crippen molar-refractivity contribution < 1.29 is 0 Å². The Morgan fingerprint density at radius 1 is 1.29 bits per heavy atom. The minimum Gasteiger partial charge on any atom is -0.310 e. The van der Waals surface area contributed by atoms with Gasteiger partial charge in [-0.3, -0.25) is 0 Å². The smallest absolute Gasteiger partial charge is 0.0207 e. The van der Waals surface area contributed by atoms with Gasteiger partial charge in [0.25, 0.3) is 0 Å². The van der Waals surface area contributed by atoms with Crippen LogP contribution in [0.3, 0.4) is 0 Å². The van der Waals surface area contributed by atoms with E-state index in [-0.39, 0.29) is 0 Å². The number of nitrogens with one attached hydrogen (secondary N) is 1. The van der Waals surface area contributed by atoms with E-state index in [4.69, 9.17) is 0 Å². The molecule has 1 aromatic carbocycles. The summed E-state index contributed by atoms with van der Waals surface area (Å²) in [6.45, 7) is 3.30. The highest BCUT2D eigenvalue weighted by Crippen LogP contribution is 2.33. The summed E-state index contributed by atoms with van der Waals surface area (Å²) < 4.78 is 0. The van der Waals surface area contributed by atoms with Crippen LogP contribution in [-0.2, 0) is 6.54 Å². The molecule has 2 rings (SSSR count). The molecule has 0 saturated heterocycles. The molecule has 1 aromatic rings. The quantitative estimate of drug-likeness (QED) is 0.751. The normalized spacial score (nSPS) is 18.1. The lowest BCUT2D eigenvalue weighted by Gasteiger charge is -2.12. The summed E-state index contributed by atoms with van der Waals surface area (Å²) in [7, 11) is 0. The van der Waals surface area contributed by atoms with Crippen molar-refractivity contribution in [3.05, 3.63) is 35.9 Å². The van der Waals surface area contributed by atoms with Gasteiger partial charge in [0, 0.05) is 12.6 Å². The highest BCUT2D eigenvalue weighted by atomic mass is 14.9. The van der Waals surface area contributed by atoms with Crippen LogP contribution in [0.25, 0.3) is 0 Å². The van der Waals surface area contributed by atoms with Crippen LogP contribution in [-0.4, -0.2) is 6.04 Å². The Balaban J connectivity index is 1.70. The van der Waals surface area contributed by atoms with E-state index in [1.165, 1.54) is 24.8 Å². The highest BCUT2D eigenvalue weighted by molar-refractivity contribution is 5.14. The molecule has 14 heavy (non-hydrogen) atoms. The third-order valence-corrected chi connectivity index (χ3v) is 2.88. The van der Waals surface area contributed by atoms with Crippen LogP contribution in [0.4, 0.5) is 0 Å². The van der Waals surface area contributed by atoms with Crippen LogP contribution in [0.1, 0.15) is 31.7 Å². The molecule has 1 saturated carbocycles. The predicted molar refractivity (Wildman–Crippen MR) is 60.1 cm³/mol. The Labute approximate surface area is 86.5 Å². The summed E-state index contributed by atoms with van der Waals surface area (Å²) >= 11 is 0. The van der Waals surface area contributed by atoms with Crippen LogP contribution >= 0.6 is 0 Å². The topological polar surface area (TPSA) is 12.0 Å². The van der Waals surface area contributed by atoms with Crippen molar-refractivity contribution in [1.82, 2.24) is 5.32 Å². The van der Waals surface area contributed by atoms with Crippen LogP contribution in [0.5, 0.6) is 0 Å². The van der Waals surface area contributed by atoms with E-state index in [0.29, 0.717) is 6.04 Å². The van der Waals surface area contributed by atoms with Crippen molar-refractivity contribution in [2.24, 2.45) is 5.92 Å². The molecule has 0 aliphatic heterocycles. The van der Waals surface area contributed by atoms with Gasteiger partial charge in [-0.15, -0.1) is 0 Å². The first-order chi connectivity index (χ1) is 6.84. The molecule has 0 amide bonds. The Morgan fingerprint density at radius 3 is 2.64 bits per heavy atom. The van der Waals surface area contributed by atoms with E-state index in [1.54, 1.807) is 0 Å². The zero-order valence-corrected chi connectivity index (χ0v) is 8.87. The number of benzene rings is 1. The largest absolute Gasteiger partial charge is 0.310 e. The molecule has 1 aliphatic rings. The molecule has 1 aliphatic carbocycles. The molecule has 0 bridgehead atoms. The van der Waals surface area contributed by atoms with E-state index >= 15 is 0 Å². The first-order valence-corrected chi connectivity index (χ1v) is 5.62. The molecule has 0 aromatic heterocycles. The molecular formula is C13H19N. The molecule has 1 atom stereocenters. The SMILES string of the molecule is C[C@@H](CC1CC1)NCc1ccccc1. The van der Waals surface area contributed by atoms with Crippen molar-refractivity contribution in [1.29, 1.82) is 0 Å². The minimum absolute atomic E-state index is 0.669. The fourth-order valence-electron chi connectivity index (χ4n) is 1.82. The zero-order chi connectivity index (χ0) is 9.80. The van der Waals surface area contributed by atoms with Gasteiger partial charge in [0.1, 0.15) is 0 Å². The second-order valence-electron chi connectivity index (χ2n) is 4.45. The summed E-state index contributed by atoms with van der Waals surface area (Å²) in [5.74, 6) is 1.02. The second-order valence-corrected chi connectivity index (χ2v) is 4.45. The van der Waals surface area contributed by atoms with E-state index in [2.05, 4.69) is 42.6 Å².